The van der Waals surface area contributed by atoms with Gasteiger partial charge in [0, 0.05) is 38.6 Å². The minimum atomic E-state index is -0.246. The number of nitrogens with zero attached hydrogens (tertiary/aromatic N) is 4. The molecule has 2 aromatic heterocycles. The summed E-state index contributed by atoms with van der Waals surface area (Å²) in [4.78, 5) is 22.0. The Kier molecular flexibility index (Phi) is 3.57. The number of carbonyl (C=O) groups is 1. The normalized spacial score (nSPS) is 27.0. The van der Waals surface area contributed by atoms with Gasteiger partial charge in [-0.15, -0.1) is 0 Å². The van der Waals surface area contributed by atoms with Crippen molar-refractivity contribution in [3.63, 3.8) is 0 Å². The van der Waals surface area contributed by atoms with E-state index in [0.717, 1.165) is 43.9 Å². The fraction of sp³-hybridized carbons (Fsp3) is 0.500. The highest BCUT2D eigenvalue weighted by atomic mass is 16.5. The number of ether oxygens (including phenoxy) is 1. The number of amides is 1. The average Bonchev–Trinajstić information content (AvgIpc) is 3.42. The van der Waals surface area contributed by atoms with E-state index in [1.54, 1.807) is 0 Å². The van der Waals surface area contributed by atoms with Gasteiger partial charge in [-0.25, -0.2) is 4.98 Å². The van der Waals surface area contributed by atoms with Gasteiger partial charge in [-0.3, -0.25) is 4.79 Å². The van der Waals surface area contributed by atoms with E-state index in [-0.39, 0.29) is 17.6 Å². The fourth-order valence-corrected chi connectivity index (χ4v) is 4.96. The minimum absolute atomic E-state index is 0.158. The molecule has 6 heteroatoms. The molecule has 6 nitrogen and oxygen atoms in total. The van der Waals surface area contributed by atoms with Gasteiger partial charge in [0.05, 0.1) is 16.9 Å². The monoisotopic (exact) mass is 352 g/mol. The van der Waals surface area contributed by atoms with Crippen LogP contribution < -0.4 is 4.90 Å². The van der Waals surface area contributed by atoms with Crippen LogP contribution in [0.25, 0.3) is 5.82 Å². The lowest BCUT2D eigenvalue weighted by Gasteiger charge is -2.46. The third kappa shape index (κ3) is 2.08. The molecule has 3 aliphatic heterocycles. The molecule has 3 aliphatic rings. The zero-order valence-electron chi connectivity index (χ0n) is 15.1. The third-order valence-corrected chi connectivity index (χ3v) is 6.11. The zero-order valence-corrected chi connectivity index (χ0v) is 15.1. The van der Waals surface area contributed by atoms with E-state index in [1.165, 1.54) is 5.69 Å². The van der Waals surface area contributed by atoms with Gasteiger partial charge < -0.3 is 19.1 Å². The molecule has 0 unspecified atom stereocenters. The minimum Gasteiger partial charge on any atom is -0.368 e. The molecule has 1 amide bonds. The molecule has 2 atom stereocenters. The van der Waals surface area contributed by atoms with E-state index < -0.39 is 0 Å². The number of anilines is 1. The second kappa shape index (κ2) is 5.84. The predicted molar refractivity (Wildman–Crippen MR) is 98.4 cm³/mol. The summed E-state index contributed by atoms with van der Waals surface area (Å²) in [6.45, 7) is 5.25. The maximum atomic E-state index is 12.9. The van der Waals surface area contributed by atoms with Crippen molar-refractivity contribution in [3.8, 4) is 5.82 Å². The van der Waals surface area contributed by atoms with Crippen molar-refractivity contribution in [1.29, 1.82) is 0 Å². The van der Waals surface area contributed by atoms with Crippen molar-refractivity contribution in [3.05, 3.63) is 42.4 Å². The number of likely N-dealkylation sites (N-methyl/N-ethyl adjacent to an activating group) is 1. The summed E-state index contributed by atoms with van der Waals surface area (Å²) < 4.78 is 7.84. The largest absolute Gasteiger partial charge is 0.368 e. The number of pyridine rings is 1. The lowest BCUT2D eigenvalue weighted by atomic mass is 9.89. The Balaban J connectivity index is 1.55. The second-order valence-electron chi connectivity index (χ2n) is 7.40. The van der Waals surface area contributed by atoms with Gasteiger partial charge in [0.2, 0.25) is 0 Å². The number of likely N-dealkylation sites (tertiary alicyclic amines) is 1. The molecule has 0 N–H and O–H groups in total. The maximum Gasteiger partial charge on any atom is 0.251 e. The Morgan fingerprint density at radius 2 is 2.31 bits per heavy atom. The van der Waals surface area contributed by atoms with Crippen LogP contribution in [0.1, 0.15) is 31.9 Å². The first-order chi connectivity index (χ1) is 12.7. The molecule has 2 aromatic rings. The molecule has 0 radical (unpaired) electrons. The summed E-state index contributed by atoms with van der Waals surface area (Å²) in [5.41, 5.74) is 2.18. The summed E-state index contributed by atoms with van der Waals surface area (Å²) in [6, 6.07) is 8.40. The highest BCUT2D eigenvalue weighted by molar-refractivity contribution is 5.82. The maximum absolute atomic E-state index is 12.9. The van der Waals surface area contributed by atoms with Crippen molar-refractivity contribution in [2.75, 3.05) is 31.1 Å². The SMILES string of the molecule is CCN1c2cccnc2-n2cccc2[C@]12CCN(C(=O)[C@H]1CCCO1)C2. The second-order valence-corrected chi connectivity index (χ2v) is 7.40. The van der Waals surface area contributed by atoms with Crippen LogP contribution in [0.5, 0.6) is 0 Å². The van der Waals surface area contributed by atoms with E-state index in [1.807, 2.05) is 17.2 Å². The summed E-state index contributed by atoms with van der Waals surface area (Å²) in [5, 5.41) is 0. The molecule has 26 heavy (non-hydrogen) atoms. The van der Waals surface area contributed by atoms with Gasteiger partial charge >= 0.3 is 0 Å². The van der Waals surface area contributed by atoms with Gasteiger partial charge in [0.15, 0.2) is 5.82 Å². The van der Waals surface area contributed by atoms with Crippen LogP contribution in [0.15, 0.2) is 36.7 Å². The number of carbonyl (C=O) groups excluding carboxylic acids is 1. The molecule has 0 aromatic carbocycles. The lowest BCUT2D eigenvalue weighted by Crippen LogP contribution is -2.53. The highest BCUT2D eigenvalue weighted by Gasteiger charge is 2.51. The topological polar surface area (TPSA) is 50.6 Å². The summed E-state index contributed by atoms with van der Waals surface area (Å²) in [5.74, 6) is 1.13. The van der Waals surface area contributed by atoms with Crippen LogP contribution in [0.3, 0.4) is 0 Å². The quantitative estimate of drug-likeness (QED) is 0.832. The Labute approximate surface area is 153 Å². The summed E-state index contributed by atoms with van der Waals surface area (Å²) >= 11 is 0. The van der Waals surface area contributed by atoms with E-state index in [2.05, 4.69) is 45.8 Å². The van der Waals surface area contributed by atoms with Crippen molar-refractivity contribution < 1.29 is 9.53 Å². The number of rotatable bonds is 2. The standard InChI is InChI=1S/C20H24N4O2/c1-2-24-15-6-3-10-21-18(15)23-11-4-8-17(23)20(24)9-12-22(14-20)19(25)16-7-5-13-26-16/h3-4,6,8,10-11,16H,2,5,7,9,12-14H2,1H3/t16-,20-/m1/s1. The highest BCUT2D eigenvalue weighted by Crippen LogP contribution is 2.46. The molecule has 2 saturated heterocycles. The molecule has 136 valence electrons. The van der Waals surface area contributed by atoms with E-state index >= 15 is 0 Å². The van der Waals surface area contributed by atoms with E-state index in [0.29, 0.717) is 13.2 Å². The van der Waals surface area contributed by atoms with Crippen molar-refractivity contribution in [2.24, 2.45) is 0 Å². The number of hydrogen-bond donors (Lipinski definition) is 0. The Morgan fingerprint density at radius 1 is 1.38 bits per heavy atom. The molecule has 0 aliphatic carbocycles. The van der Waals surface area contributed by atoms with Crippen LogP contribution in [0.2, 0.25) is 0 Å². The fourth-order valence-electron chi connectivity index (χ4n) is 4.96. The van der Waals surface area contributed by atoms with Crippen LogP contribution in [0, 0.1) is 0 Å². The molecule has 5 heterocycles. The van der Waals surface area contributed by atoms with Crippen molar-refractivity contribution in [2.45, 2.75) is 37.8 Å². The van der Waals surface area contributed by atoms with Gasteiger partial charge in [0.25, 0.3) is 5.91 Å². The molecular weight excluding hydrogens is 328 g/mol. The zero-order chi connectivity index (χ0) is 17.7. The summed E-state index contributed by atoms with van der Waals surface area (Å²) in [6.07, 6.45) is 6.44. The van der Waals surface area contributed by atoms with Crippen LogP contribution in [0.4, 0.5) is 5.69 Å². The van der Waals surface area contributed by atoms with Gasteiger partial charge in [0.1, 0.15) is 6.10 Å². The number of aromatic nitrogens is 2. The first kappa shape index (κ1) is 15.9. The first-order valence-corrected chi connectivity index (χ1v) is 9.56. The lowest BCUT2D eigenvalue weighted by molar-refractivity contribution is -0.140. The van der Waals surface area contributed by atoms with Crippen LogP contribution in [-0.2, 0) is 15.1 Å². The Bertz CT molecular complexity index is 842. The van der Waals surface area contributed by atoms with Crippen molar-refractivity contribution in [1.82, 2.24) is 14.5 Å². The molecule has 0 saturated carbocycles. The molecule has 2 fully saturated rings. The third-order valence-electron chi connectivity index (χ3n) is 6.11. The Morgan fingerprint density at radius 3 is 3.12 bits per heavy atom. The van der Waals surface area contributed by atoms with Crippen LogP contribution >= 0.6 is 0 Å². The van der Waals surface area contributed by atoms with E-state index in [4.69, 9.17) is 4.74 Å². The molecule has 1 spiro atoms. The Hall–Kier alpha value is -2.34. The smallest absolute Gasteiger partial charge is 0.251 e. The van der Waals surface area contributed by atoms with E-state index in [9.17, 15) is 4.79 Å². The predicted octanol–water partition coefficient (Wildman–Crippen LogP) is 2.32. The summed E-state index contributed by atoms with van der Waals surface area (Å²) in [7, 11) is 0. The van der Waals surface area contributed by atoms with Gasteiger partial charge in [-0.2, -0.15) is 0 Å². The average molecular weight is 352 g/mol. The molecule has 5 rings (SSSR count). The van der Waals surface area contributed by atoms with Crippen molar-refractivity contribution >= 4 is 11.6 Å². The van der Waals surface area contributed by atoms with Crippen LogP contribution in [-0.4, -0.2) is 52.7 Å². The van der Waals surface area contributed by atoms with Gasteiger partial charge in [-0.1, -0.05) is 0 Å². The first-order valence-electron chi connectivity index (χ1n) is 9.56. The molecule has 0 bridgehead atoms. The molecular formula is C20H24N4O2. The van der Waals surface area contributed by atoms with Gasteiger partial charge in [-0.05, 0) is 50.5 Å². The number of hydrogen-bond acceptors (Lipinski definition) is 4. The number of fused-ring (bicyclic) bond motifs is 4.